The van der Waals surface area contributed by atoms with Gasteiger partial charge in [-0.05, 0) is 18.1 Å². The molecule has 144 valence electrons. The highest BCUT2D eigenvalue weighted by Gasteiger charge is 2.34. The average Bonchev–Trinajstić information content (AvgIpc) is 3.21. The molecule has 0 atom stereocenters. The van der Waals surface area contributed by atoms with Crippen LogP contribution < -0.4 is 5.32 Å². The summed E-state index contributed by atoms with van der Waals surface area (Å²) >= 11 is 0. The Hall–Kier alpha value is -2.87. The number of amides is 2. The highest BCUT2D eigenvalue weighted by molar-refractivity contribution is 6.08. The number of β-amino-alcohol motifs (C(OH)–C–C–N with tert-alkyl or cyclic N) is 1. The van der Waals surface area contributed by atoms with Crippen LogP contribution in [0.4, 0.5) is 5.69 Å². The van der Waals surface area contributed by atoms with E-state index in [1.807, 2.05) is 18.2 Å². The molecule has 1 aromatic rings. The van der Waals surface area contributed by atoms with E-state index in [-0.39, 0.29) is 42.8 Å². The molecule has 2 aliphatic rings. The number of likely N-dealkylation sites (tertiary alicyclic amines) is 1. The Morgan fingerprint density at radius 3 is 2.70 bits per heavy atom. The number of nitrogens with zero attached hydrogens (tertiary/aromatic N) is 2. The Kier molecular flexibility index (Phi) is 5.75. The van der Waals surface area contributed by atoms with Crippen molar-refractivity contribution in [2.75, 3.05) is 38.7 Å². The molecule has 8 nitrogen and oxygen atoms in total. The number of aliphatic hydroxyl groups excluding tert-OH is 1. The molecule has 0 radical (unpaired) electrons. The van der Waals surface area contributed by atoms with E-state index in [0.29, 0.717) is 25.2 Å². The number of carbonyl (C=O) groups excluding carboxylic acids is 3. The second-order valence-corrected chi connectivity index (χ2v) is 6.50. The van der Waals surface area contributed by atoms with Crippen LogP contribution >= 0.6 is 0 Å². The van der Waals surface area contributed by atoms with Gasteiger partial charge in [-0.25, -0.2) is 4.79 Å². The number of para-hydroxylation sites is 1. The zero-order chi connectivity index (χ0) is 19.4. The van der Waals surface area contributed by atoms with Gasteiger partial charge < -0.3 is 25.0 Å². The van der Waals surface area contributed by atoms with E-state index in [9.17, 15) is 14.4 Å². The summed E-state index contributed by atoms with van der Waals surface area (Å²) < 4.78 is 4.80. The lowest BCUT2D eigenvalue weighted by Crippen LogP contribution is -2.31. The fourth-order valence-corrected chi connectivity index (χ4v) is 3.34. The van der Waals surface area contributed by atoms with E-state index in [0.717, 1.165) is 12.0 Å². The van der Waals surface area contributed by atoms with E-state index in [4.69, 9.17) is 9.84 Å². The molecule has 0 aromatic heterocycles. The van der Waals surface area contributed by atoms with Crippen LogP contribution in [0.3, 0.4) is 0 Å². The molecular formula is C19H23N3O5. The van der Waals surface area contributed by atoms with Crippen LogP contribution in [0.2, 0.25) is 0 Å². The van der Waals surface area contributed by atoms with Gasteiger partial charge in [0.15, 0.2) is 0 Å². The number of nitrogens with one attached hydrogen (secondary N) is 1. The number of anilines is 1. The predicted octanol–water partition coefficient (Wildman–Crippen LogP) is 0.482. The molecule has 8 heteroatoms. The molecule has 1 fully saturated rings. The zero-order valence-corrected chi connectivity index (χ0v) is 15.2. The summed E-state index contributed by atoms with van der Waals surface area (Å²) in [6.45, 7) is 1.18. The quantitative estimate of drug-likeness (QED) is 0.675. The molecule has 2 N–H and O–H groups in total. The van der Waals surface area contributed by atoms with Crippen LogP contribution in [0.5, 0.6) is 0 Å². The van der Waals surface area contributed by atoms with E-state index >= 15 is 0 Å². The molecule has 0 spiro atoms. The zero-order valence-electron chi connectivity index (χ0n) is 15.2. The molecule has 0 saturated carbocycles. The first-order valence-electron chi connectivity index (χ1n) is 8.89. The van der Waals surface area contributed by atoms with Gasteiger partial charge in [0, 0.05) is 31.7 Å². The van der Waals surface area contributed by atoms with Gasteiger partial charge in [-0.15, -0.1) is 0 Å². The number of methoxy groups -OCH3 is 1. The summed E-state index contributed by atoms with van der Waals surface area (Å²) in [5, 5.41) is 12.2. The molecule has 27 heavy (non-hydrogen) atoms. The van der Waals surface area contributed by atoms with E-state index < -0.39 is 5.97 Å². The third-order valence-corrected chi connectivity index (χ3v) is 4.76. The number of aliphatic hydroxyl groups is 1. The average molecular weight is 373 g/mol. The minimum Gasteiger partial charge on any atom is -0.466 e. The van der Waals surface area contributed by atoms with E-state index in [1.165, 1.54) is 12.0 Å². The highest BCUT2D eigenvalue weighted by atomic mass is 16.5. The molecule has 0 bridgehead atoms. The molecule has 3 rings (SSSR count). The maximum Gasteiger partial charge on any atom is 0.337 e. The fraction of sp³-hybridized carbons (Fsp3) is 0.421. The number of benzene rings is 1. The first-order valence-corrected chi connectivity index (χ1v) is 8.89. The lowest BCUT2D eigenvalue weighted by Gasteiger charge is -2.19. The third kappa shape index (κ3) is 3.95. The Balaban J connectivity index is 1.87. The monoisotopic (exact) mass is 373 g/mol. The van der Waals surface area contributed by atoms with Crippen molar-refractivity contribution in [2.24, 2.45) is 0 Å². The SMILES string of the molecule is COC(=O)C1=C(Nc2ccccc2CN2CCCC2=O)C(=O)N(CCO)C1. The summed E-state index contributed by atoms with van der Waals surface area (Å²) in [6, 6.07) is 7.38. The van der Waals surface area contributed by atoms with Gasteiger partial charge in [0.05, 0.1) is 25.8 Å². The molecule has 2 heterocycles. The minimum absolute atomic E-state index is 0.0845. The Morgan fingerprint density at radius 1 is 1.26 bits per heavy atom. The van der Waals surface area contributed by atoms with Crippen molar-refractivity contribution >= 4 is 23.5 Å². The van der Waals surface area contributed by atoms with Gasteiger partial charge in [-0.2, -0.15) is 0 Å². The Bertz CT molecular complexity index is 789. The van der Waals surface area contributed by atoms with Crippen LogP contribution in [-0.2, 0) is 25.7 Å². The molecular weight excluding hydrogens is 350 g/mol. The first kappa shape index (κ1) is 18.9. The van der Waals surface area contributed by atoms with Crippen LogP contribution in [0.25, 0.3) is 0 Å². The summed E-state index contributed by atoms with van der Waals surface area (Å²) in [4.78, 5) is 39.9. The van der Waals surface area contributed by atoms with Crippen molar-refractivity contribution in [3.63, 3.8) is 0 Å². The third-order valence-electron chi connectivity index (χ3n) is 4.76. The number of hydrogen-bond donors (Lipinski definition) is 2. The van der Waals surface area contributed by atoms with Crippen LogP contribution in [0.15, 0.2) is 35.5 Å². The van der Waals surface area contributed by atoms with Crippen LogP contribution in [0, 0.1) is 0 Å². The second-order valence-electron chi connectivity index (χ2n) is 6.50. The van der Waals surface area contributed by atoms with Gasteiger partial charge in [0.2, 0.25) is 5.91 Å². The number of carbonyl (C=O) groups is 3. The number of ether oxygens (including phenoxy) is 1. The van der Waals surface area contributed by atoms with Gasteiger partial charge >= 0.3 is 5.97 Å². The van der Waals surface area contributed by atoms with E-state index in [1.54, 1.807) is 11.0 Å². The number of rotatable bonds is 7. The summed E-state index contributed by atoms with van der Waals surface area (Å²) in [6.07, 6.45) is 1.41. The van der Waals surface area contributed by atoms with Crippen molar-refractivity contribution < 1.29 is 24.2 Å². The molecule has 0 aliphatic carbocycles. The normalized spacial score (nSPS) is 17.1. The van der Waals surface area contributed by atoms with Gasteiger partial charge in [0.1, 0.15) is 5.70 Å². The number of hydrogen-bond acceptors (Lipinski definition) is 6. The molecule has 2 aliphatic heterocycles. The van der Waals surface area contributed by atoms with Crippen molar-refractivity contribution in [1.82, 2.24) is 9.80 Å². The summed E-state index contributed by atoms with van der Waals surface area (Å²) in [7, 11) is 1.26. The largest absolute Gasteiger partial charge is 0.466 e. The van der Waals surface area contributed by atoms with Gasteiger partial charge in [-0.3, -0.25) is 9.59 Å². The predicted molar refractivity (Wildman–Crippen MR) is 97.4 cm³/mol. The van der Waals surface area contributed by atoms with Crippen molar-refractivity contribution in [2.45, 2.75) is 19.4 Å². The van der Waals surface area contributed by atoms with Crippen molar-refractivity contribution in [3.05, 3.63) is 41.1 Å². The summed E-state index contributed by atoms with van der Waals surface area (Å²) in [5.74, 6) is -0.833. The maximum atomic E-state index is 12.7. The topological polar surface area (TPSA) is 99.2 Å². The first-order chi connectivity index (χ1) is 13.0. The molecule has 1 saturated heterocycles. The maximum absolute atomic E-state index is 12.7. The highest BCUT2D eigenvalue weighted by Crippen LogP contribution is 2.26. The van der Waals surface area contributed by atoms with E-state index in [2.05, 4.69) is 5.32 Å². The Labute approximate surface area is 157 Å². The molecule has 2 amide bonds. The lowest BCUT2D eigenvalue weighted by molar-refractivity contribution is -0.136. The second kappa shape index (κ2) is 8.22. The standard InChI is InChI=1S/C19H23N3O5/c1-27-19(26)14-12-22(9-10-23)18(25)17(14)20-15-6-3-2-5-13(15)11-21-8-4-7-16(21)24/h2-3,5-6,20,23H,4,7-12H2,1H3. The number of esters is 1. The van der Waals surface area contributed by atoms with Crippen molar-refractivity contribution in [1.29, 1.82) is 0 Å². The van der Waals surface area contributed by atoms with Gasteiger partial charge in [0.25, 0.3) is 5.91 Å². The molecule has 0 unspecified atom stereocenters. The minimum atomic E-state index is -0.585. The van der Waals surface area contributed by atoms with Crippen LogP contribution in [-0.4, -0.2) is 66.0 Å². The van der Waals surface area contributed by atoms with Crippen LogP contribution in [0.1, 0.15) is 18.4 Å². The fourth-order valence-electron chi connectivity index (χ4n) is 3.34. The van der Waals surface area contributed by atoms with Gasteiger partial charge in [-0.1, -0.05) is 18.2 Å². The molecule has 1 aromatic carbocycles. The lowest BCUT2D eigenvalue weighted by atomic mass is 10.1. The smallest absolute Gasteiger partial charge is 0.337 e. The van der Waals surface area contributed by atoms with Crippen molar-refractivity contribution in [3.8, 4) is 0 Å². The Morgan fingerprint density at radius 2 is 2.04 bits per heavy atom. The summed E-state index contributed by atoms with van der Waals surface area (Å²) in [5.41, 5.74) is 1.89.